The second kappa shape index (κ2) is 3.41. The first-order valence-electron chi connectivity index (χ1n) is 4.19. The van der Waals surface area contributed by atoms with Crippen molar-refractivity contribution in [3.05, 3.63) is 29.8 Å². The van der Waals surface area contributed by atoms with Crippen LogP contribution in [0.1, 0.15) is 5.56 Å². The summed E-state index contributed by atoms with van der Waals surface area (Å²) in [4.78, 5) is 25.7. The van der Waals surface area contributed by atoms with Crippen LogP contribution in [-0.2, 0) is 9.59 Å². The Morgan fingerprint density at radius 1 is 1.36 bits per heavy atom. The number of nitrogens with zero attached hydrogens (tertiary/aromatic N) is 1. The van der Waals surface area contributed by atoms with Crippen LogP contribution < -0.4 is 5.32 Å². The van der Waals surface area contributed by atoms with Crippen molar-refractivity contribution in [3.63, 3.8) is 0 Å². The SMILES string of the molecule is O=CC1N=Cc2ccccc2NC1=O. The van der Waals surface area contributed by atoms with E-state index in [0.29, 0.717) is 12.0 Å². The smallest absolute Gasteiger partial charge is 0.256 e. The van der Waals surface area contributed by atoms with Crippen molar-refractivity contribution in [1.82, 2.24) is 0 Å². The van der Waals surface area contributed by atoms with Crippen LogP contribution in [0.2, 0.25) is 0 Å². The van der Waals surface area contributed by atoms with Crippen molar-refractivity contribution in [2.45, 2.75) is 6.04 Å². The molecule has 4 nitrogen and oxygen atoms in total. The molecule has 0 saturated heterocycles. The highest BCUT2D eigenvalue weighted by Crippen LogP contribution is 2.15. The molecule has 0 saturated carbocycles. The monoisotopic (exact) mass is 188 g/mol. The number of carbonyl (C=O) groups is 2. The van der Waals surface area contributed by atoms with E-state index in [1.54, 1.807) is 6.07 Å². The van der Waals surface area contributed by atoms with Gasteiger partial charge in [0.1, 0.15) is 0 Å². The van der Waals surface area contributed by atoms with E-state index < -0.39 is 6.04 Å². The van der Waals surface area contributed by atoms with Gasteiger partial charge >= 0.3 is 0 Å². The molecule has 1 amide bonds. The third-order valence-corrected chi connectivity index (χ3v) is 1.99. The Bertz CT molecular complexity index is 412. The van der Waals surface area contributed by atoms with Crippen LogP contribution in [0.5, 0.6) is 0 Å². The number of aliphatic imine (C=N–C) groups is 1. The second-order valence-corrected chi connectivity index (χ2v) is 2.94. The molecule has 0 bridgehead atoms. The molecule has 0 fully saturated rings. The molecule has 1 unspecified atom stereocenters. The number of carbonyl (C=O) groups excluding carboxylic acids is 2. The maximum Gasteiger partial charge on any atom is 0.256 e. The third-order valence-electron chi connectivity index (χ3n) is 1.99. The first-order chi connectivity index (χ1) is 6.81. The molecule has 1 atom stereocenters. The van der Waals surface area contributed by atoms with E-state index in [1.807, 2.05) is 18.2 Å². The predicted molar refractivity (Wildman–Crippen MR) is 52.5 cm³/mol. The molecule has 1 aromatic rings. The molecule has 1 heterocycles. The lowest BCUT2D eigenvalue weighted by Gasteiger charge is -2.04. The van der Waals surface area contributed by atoms with Gasteiger partial charge in [0.2, 0.25) is 0 Å². The Hall–Kier alpha value is -1.97. The van der Waals surface area contributed by atoms with Gasteiger partial charge < -0.3 is 10.1 Å². The van der Waals surface area contributed by atoms with Gasteiger partial charge in [-0.2, -0.15) is 0 Å². The van der Waals surface area contributed by atoms with Crippen LogP contribution >= 0.6 is 0 Å². The van der Waals surface area contributed by atoms with Crippen LogP contribution in [-0.4, -0.2) is 24.4 Å². The topological polar surface area (TPSA) is 58.5 Å². The highest BCUT2D eigenvalue weighted by atomic mass is 16.2. The predicted octanol–water partition coefficient (Wildman–Crippen LogP) is 0.625. The maximum absolute atomic E-state index is 11.4. The van der Waals surface area contributed by atoms with Crippen LogP contribution in [0.4, 0.5) is 5.69 Å². The van der Waals surface area contributed by atoms with E-state index in [2.05, 4.69) is 10.3 Å². The number of hydrogen-bond donors (Lipinski definition) is 1. The number of para-hydroxylation sites is 1. The third kappa shape index (κ3) is 1.42. The zero-order valence-electron chi connectivity index (χ0n) is 7.31. The van der Waals surface area contributed by atoms with E-state index >= 15 is 0 Å². The van der Waals surface area contributed by atoms with Gasteiger partial charge in [0.15, 0.2) is 12.3 Å². The molecule has 70 valence electrons. The Labute approximate surface area is 80.7 Å². The fourth-order valence-corrected chi connectivity index (χ4v) is 1.26. The molecule has 1 aliphatic heterocycles. The standard InChI is InChI=1S/C10H8N2O2/c13-6-9-10(14)12-8-4-2-1-3-7(8)5-11-9/h1-6,9H,(H,12,14). The number of aldehydes is 1. The van der Waals surface area contributed by atoms with Gasteiger partial charge in [-0.3, -0.25) is 9.79 Å². The second-order valence-electron chi connectivity index (χ2n) is 2.94. The molecule has 0 radical (unpaired) electrons. The van der Waals surface area contributed by atoms with Crippen molar-refractivity contribution >= 4 is 24.1 Å². The van der Waals surface area contributed by atoms with E-state index in [4.69, 9.17) is 0 Å². The van der Waals surface area contributed by atoms with Gasteiger partial charge in [-0.05, 0) is 6.07 Å². The van der Waals surface area contributed by atoms with E-state index in [-0.39, 0.29) is 5.91 Å². The van der Waals surface area contributed by atoms with Crippen LogP contribution in [0.3, 0.4) is 0 Å². The Kier molecular flexibility index (Phi) is 2.10. The number of benzodiazepines with no additional fused rings is 1. The summed E-state index contributed by atoms with van der Waals surface area (Å²) in [5.74, 6) is -0.388. The highest BCUT2D eigenvalue weighted by Gasteiger charge is 2.19. The summed E-state index contributed by atoms with van der Waals surface area (Å²) in [5, 5.41) is 2.63. The van der Waals surface area contributed by atoms with Gasteiger partial charge in [0.25, 0.3) is 5.91 Å². The number of fused-ring (bicyclic) bond motifs is 1. The molecule has 4 heteroatoms. The minimum Gasteiger partial charge on any atom is -0.323 e. The Morgan fingerprint density at radius 2 is 2.14 bits per heavy atom. The van der Waals surface area contributed by atoms with Crippen molar-refractivity contribution in [3.8, 4) is 0 Å². The number of anilines is 1. The minimum atomic E-state index is -0.928. The fraction of sp³-hybridized carbons (Fsp3) is 0.100. The van der Waals surface area contributed by atoms with Crippen molar-refractivity contribution in [1.29, 1.82) is 0 Å². The van der Waals surface area contributed by atoms with Crippen molar-refractivity contribution < 1.29 is 9.59 Å². The average Bonchev–Trinajstić information content (AvgIpc) is 2.36. The molecule has 0 aromatic heterocycles. The summed E-state index contributed by atoms with van der Waals surface area (Å²) >= 11 is 0. The lowest BCUT2D eigenvalue weighted by atomic mass is 10.2. The summed E-state index contributed by atoms with van der Waals surface area (Å²) in [7, 11) is 0. The van der Waals surface area contributed by atoms with Gasteiger partial charge in [0, 0.05) is 17.5 Å². The molecule has 14 heavy (non-hydrogen) atoms. The summed E-state index contributed by atoms with van der Waals surface area (Å²) in [6.07, 6.45) is 2.06. The molecule has 1 aliphatic rings. The zero-order chi connectivity index (χ0) is 9.97. The zero-order valence-corrected chi connectivity index (χ0v) is 7.31. The highest BCUT2D eigenvalue weighted by molar-refractivity contribution is 6.09. The minimum absolute atomic E-state index is 0.388. The van der Waals surface area contributed by atoms with Crippen LogP contribution in [0, 0.1) is 0 Å². The fourth-order valence-electron chi connectivity index (χ4n) is 1.26. The quantitative estimate of drug-likeness (QED) is 0.519. The lowest BCUT2D eigenvalue weighted by Crippen LogP contribution is -2.26. The Morgan fingerprint density at radius 3 is 2.93 bits per heavy atom. The number of amides is 1. The first kappa shape index (κ1) is 8.62. The van der Waals surface area contributed by atoms with Gasteiger partial charge in [-0.15, -0.1) is 0 Å². The van der Waals surface area contributed by atoms with Gasteiger partial charge in [-0.25, -0.2) is 0 Å². The van der Waals surface area contributed by atoms with Crippen molar-refractivity contribution in [2.24, 2.45) is 4.99 Å². The van der Waals surface area contributed by atoms with E-state index in [9.17, 15) is 9.59 Å². The lowest BCUT2D eigenvalue weighted by molar-refractivity contribution is -0.121. The summed E-state index contributed by atoms with van der Waals surface area (Å²) in [5.41, 5.74) is 1.50. The number of nitrogens with one attached hydrogen (secondary N) is 1. The molecule has 0 aliphatic carbocycles. The summed E-state index contributed by atoms with van der Waals surface area (Å²) in [6.45, 7) is 0. The molecule has 2 rings (SSSR count). The van der Waals surface area contributed by atoms with Crippen LogP contribution in [0.25, 0.3) is 0 Å². The summed E-state index contributed by atoms with van der Waals surface area (Å²) in [6, 6.07) is 6.33. The number of benzene rings is 1. The van der Waals surface area contributed by atoms with Crippen molar-refractivity contribution in [2.75, 3.05) is 5.32 Å². The molecule has 1 aromatic carbocycles. The first-order valence-corrected chi connectivity index (χ1v) is 4.19. The summed E-state index contributed by atoms with van der Waals surface area (Å²) < 4.78 is 0. The number of hydrogen-bond acceptors (Lipinski definition) is 3. The molecular formula is C10H8N2O2. The molecule has 0 spiro atoms. The largest absolute Gasteiger partial charge is 0.323 e. The number of rotatable bonds is 1. The van der Waals surface area contributed by atoms with Gasteiger partial charge in [0.05, 0.1) is 0 Å². The maximum atomic E-state index is 11.4. The van der Waals surface area contributed by atoms with E-state index in [1.165, 1.54) is 6.21 Å². The van der Waals surface area contributed by atoms with Crippen LogP contribution in [0.15, 0.2) is 29.3 Å². The normalized spacial score (nSPS) is 19.4. The van der Waals surface area contributed by atoms with E-state index in [0.717, 1.165) is 5.56 Å². The average molecular weight is 188 g/mol. The Balaban J connectivity index is 2.43. The molecular weight excluding hydrogens is 180 g/mol. The molecule has 1 N–H and O–H groups in total. The van der Waals surface area contributed by atoms with Gasteiger partial charge in [-0.1, -0.05) is 18.2 Å².